The minimum atomic E-state index is 0.783. The van der Waals surface area contributed by atoms with Crippen LogP contribution in [0.25, 0.3) is 0 Å². The van der Waals surface area contributed by atoms with E-state index in [1.165, 1.54) is 50.5 Å². The predicted octanol–water partition coefficient (Wildman–Crippen LogP) is 1.42. The van der Waals surface area contributed by atoms with Gasteiger partial charge in [0.05, 0.1) is 0 Å². The van der Waals surface area contributed by atoms with Crippen LogP contribution >= 0.6 is 11.8 Å². The van der Waals surface area contributed by atoms with Crippen LogP contribution < -0.4 is 5.32 Å². The van der Waals surface area contributed by atoms with Crippen LogP contribution in [-0.4, -0.2) is 48.6 Å². The van der Waals surface area contributed by atoms with Gasteiger partial charge < -0.3 is 10.2 Å². The summed E-state index contributed by atoms with van der Waals surface area (Å²) in [4.78, 5) is 2.66. The van der Waals surface area contributed by atoms with Crippen molar-refractivity contribution in [3.8, 4) is 0 Å². The topological polar surface area (TPSA) is 15.3 Å². The van der Waals surface area contributed by atoms with Gasteiger partial charge in [0, 0.05) is 31.4 Å². The van der Waals surface area contributed by atoms with E-state index in [1.807, 2.05) is 0 Å². The van der Waals surface area contributed by atoms with Gasteiger partial charge >= 0.3 is 0 Å². The van der Waals surface area contributed by atoms with Gasteiger partial charge in [-0.3, -0.25) is 0 Å². The van der Waals surface area contributed by atoms with Crippen molar-refractivity contribution in [3.63, 3.8) is 0 Å². The lowest BCUT2D eigenvalue weighted by atomic mass is 10.1. The molecule has 0 aromatic rings. The number of rotatable bonds is 2. The van der Waals surface area contributed by atoms with E-state index in [9.17, 15) is 0 Å². The fraction of sp³-hybridized carbons (Fsp3) is 1.00. The van der Waals surface area contributed by atoms with Crippen molar-refractivity contribution in [2.75, 3.05) is 37.7 Å². The van der Waals surface area contributed by atoms with Crippen molar-refractivity contribution in [3.05, 3.63) is 0 Å². The second-order valence-corrected chi connectivity index (χ2v) is 5.88. The largest absolute Gasteiger partial charge is 0.313 e. The number of thioether (sulfide) groups is 1. The standard InChI is InChI=1S/C11H22N2S/c1-10-7-13(5-6-14-9-10)8-11-3-2-4-12-11/h10-12H,2-9H2,1H3. The monoisotopic (exact) mass is 214 g/mol. The van der Waals surface area contributed by atoms with Crippen molar-refractivity contribution >= 4 is 11.8 Å². The van der Waals surface area contributed by atoms with Gasteiger partial charge in [0.1, 0.15) is 0 Å². The van der Waals surface area contributed by atoms with Gasteiger partial charge in [-0.1, -0.05) is 6.92 Å². The Morgan fingerprint density at radius 2 is 2.43 bits per heavy atom. The Kier molecular flexibility index (Phi) is 4.14. The Morgan fingerprint density at radius 3 is 3.21 bits per heavy atom. The van der Waals surface area contributed by atoms with E-state index in [2.05, 4.69) is 28.9 Å². The van der Waals surface area contributed by atoms with E-state index < -0.39 is 0 Å². The van der Waals surface area contributed by atoms with Crippen LogP contribution in [-0.2, 0) is 0 Å². The molecule has 2 fully saturated rings. The van der Waals surface area contributed by atoms with Crippen LogP contribution in [0.5, 0.6) is 0 Å². The van der Waals surface area contributed by atoms with Crippen LogP contribution in [0.4, 0.5) is 0 Å². The van der Waals surface area contributed by atoms with Gasteiger partial charge in [-0.15, -0.1) is 0 Å². The highest BCUT2D eigenvalue weighted by Gasteiger charge is 2.20. The quantitative estimate of drug-likeness (QED) is 0.748. The molecule has 82 valence electrons. The van der Waals surface area contributed by atoms with Crippen molar-refractivity contribution in [2.24, 2.45) is 5.92 Å². The first-order valence-corrected chi connectivity index (χ1v) is 7.03. The third-order valence-electron chi connectivity index (χ3n) is 3.17. The third-order valence-corrected chi connectivity index (χ3v) is 4.44. The van der Waals surface area contributed by atoms with Gasteiger partial charge in [0.2, 0.25) is 0 Å². The fourth-order valence-corrected chi connectivity index (χ4v) is 3.51. The first-order chi connectivity index (χ1) is 6.84. The van der Waals surface area contributed by atoms with Crippen LogP contribution in [0.2, 0.25) is 0 Å². The summed E-state index contributed by atoms with van der Waals surface area (Å²) in [5, 5.41) is 3.59. The summed E-state index contributed by atoms with van der Waals surface area (Å²) >= 11 is 2.12. The molecule has 0 aliphatic carbocycles. The molecule has 0 saturated carbocycles. The average Bonchev–Trinajstić information content (AvgIpc) is 2.56. The molecule has 1 N–H and O–H groups in total. The summed E-state index contributed by atoms with van der Waals surface area (Å²) in [6.07, 6.45) is 2.76. The minimum Gasteiger partial charge on any atom is -0.313 e. The zero-order valence-electron chi connectivity index (χ0n) is 9.17. The number of nitrogens with zero attached hydrogens (tertiary/aromatic N) is 1. The van der Waals surface area contributed by atoms with Gasteiger partial charge in [0.15, 0.2) is 0 Å². The Labute approximate surface area is 91.8 Å². The Balaban J connectivity index is 1.77. The molecule has 2 unspecified atom stereocenters. The Hall–Kier alpha value is 0.270. The molecule has 3 heteroatoms. The molecule has 0 bridgehead atoms. The number of hydrogen-bond donors (Lipinski definition) is 1. The average molecular weight is 214 g/mol. The maximum absolute atomic E-state index is 3.59. The fourth-order valence-electron chi connectivity index (χ4n) is 2.45. The highest BCUT2D eigenvalue weighted by atomic mass is 32.2. The van der Waals surface area contributed by atoms with Gasteiger partial charge in [0.25, 0.3) is 0 Å². The van der Waals surface area contributed by atoms with Crippen molar-refractivity contribution in [2.45, 2.75) is 25.8 Å². The first-order valence-electron chi connectivity index (χ1n) is 5.88. The lowest BCUT2D eigenvalue weighted by molar-refractivity contribution is 0.242. The van der Waals surface area contributed by atoms with Crippen LogP contribution in [0, 0.1) is 5.92 Å². The molecule has 2 rings (SSSR count). The second-order valence-electron chi connectivity index (χ2n) is 4.73. The molecule has 2 nitrogen and oxygen atoms in total. The molecular weight excluding hydrogens is 192 g/mol. The van der Waals surface area contributed by atoms with Crippen LogP contribution in [0.3, 0.4) is 0 Å². The molecule has 2 heterocycles. The van der Waals surface area contributed by atoms with E-state index >= 15 is 0 Å². The summed E-state index contributed by atoms with van der Waals surface area (Å²) in [5.41, 5.74) is 0. The zero-order chi connectivity index (χ0) is 9.80. The van der Waals surface area contributed by atoms with Crippen molar-refractivity contribution in [1.82, 2.24) is 10.2 Å². The summed E-state index contributed by atoms with van der Waals surface area (Å²) in [5.74, 6) is 3.56. The zero-order valence-corrected chi connectivity index (χ0v) is 9.98. The molecule has 2 aliphatic rings. The molecule has 0 aromatic carbocycles. The second kappa shape index (κ2) is 5.38. The normalized spacial score (nSPS) is 35.8. The van der Waals surface area contributed by atoms with E-state index in [4.69, 9.17) is 0 Å². The molecule has 2 aliphatic heterocycles. The summed E-state index contributed by atoms with van der Waals surface area (Å²) in [7, 11) is 0. The SMILES string of the molecule is CC1CSCCN(CC2CCCN2)C1. The molecule has 0 radical (unpaired) electrons. The number of hydrogen-bond acceptors (Lipinski definition) is 3. The van der Waals surface area contributed by atoms with Gasteiger partial charge in [-0.05, 0) is 31.1 Å². The molecule has 0 amide bonds. The van der Waals surface area contributed by atoms with E-state index in [0.717, 1.165) is 12.0 Å². The van der Waals surface area contributed by atoms with Crippen molar-refractivity contribution in [1.29, 1.82) is 0 Å². The first kappa shape index (κ1) is 10.8. The molecule has 0 spiro atoms. The third kappa shape index (κ3) is 3.14. The van der Waals surface area contributed by atoms with E-state index in [1.54, 1.807) is 0 Å². The molecule has 0 aromatic heterocycles. The van der Waals surface area contributed by atoms with E-state index in [0.29, 0.717) is 0 Å². The minimum absolute atomic E-state index is 0.783. The Bertz CT molecular complexity index is 169. The van der Waals surface area contributed by atoms with Gasteiger partial charge in [-0.25, -0.2) is 0 Å². The summed E-state index contributed by atoms with van der Waals surface area (Å²) in [6.45, 7) is 7.51. The highest BCUT2D eigenvalue weighted by molar-refractivity contribution is 7.99. The highest BCUT2D eigenvalue weighted by Crippen LogP contribution is 2.16. The predicted molar refractivity (Wildman–Crippen MR) is 64.0 cm³/mol. The molecule has 2 saturated heterocycles. The smallest absolute Gasteiger partial charge is 0.0195 e. The molecule has 14 heavy (non-hydrogen) atoms. The lowest BCUT2D eigenvalue weighted by Crippen LogP contribution is -2.39. The lowest BCUT2D eigenvalue weighted by Gasteiger charge is -2.25. The van der Waals surface area contributed by atoms with E-state index in [-0.39, 0.29) is 0 Å². The Morgan fingerprint density at radius 1 is 1.50 bits per heavy atom. The molecule has 2 atom stereocenters. The number of nitrogens with one attached hydrogen (secondary N) is 1. The maximum atomic E-state index is 3.59. The van der Waals surface area contributed by atoms with Crippen molar-refractivity contribution < 1.29 is 0 Å². The van der Waals surface area contributed by atoms with Gasteiger partial charge in [-0.2, -0.15) is 11.8 Å². The summed E-state index contributed by atoms with van der Waals surface area (Å²) < 4.78 is 0. The maximum Gasteiger partial charge on any atom is 0.0195 e. The van der Waals surface area contributed by atoms with Crippen LogP contribution in [0.1, 0.15) is 19.8 Å². The van der Waals surface area contributed by atoms with Crippen LogP contribution in [0.15, 0.2) is 0 Å². The molecular formula is C11H22N2S. The summed E-state index contributed by atoms with van der Waals surface area (Å²) in [6, 6.07) is 0.783.